The topological polar surface area (TPSA) is 46.9 Å². The van der Waals surface area contributed by atoms with Crippen LogP contribution >= 0.6 is 23.2 Å². The maximum absolute atomic E-state index is 12.2. The predicted octanol–water partition coefficient (Wildman–Crippen LogP) is 4.42. The minimum atomic E-state index is -0.308. The molecule has 4 nitrogen and oxygen atoms in total. The number of imidazole rings is 1. The Balaban J connectivity index is 1.91. The Bertz CT molecular complexity index is 798. The maximum atomic E-state index is 12.2. The van der Waals surface area contributed by atoms with Gasteiger partial charge in [-0.25, -0.2) is 9.78 Å². The number of nitrogens with zero attached hydrogens (tertiary/aromatic N) is 2. The van der Waals surface area contributed by atoms with E-state index in [1.54, 1.807) is 18.2 Å². The fourth-order valence-corrected chi connectivity index (χ4v) is 2.18. The number of amides is 1. The standard InChI is InChI=1S/C14H9Cl2N3O/c15-10-6-5-9(7-11(10)16)18-14(20)19-8-17-12-3-1-2-4-13(12)19/h1-8H,(H,18,20). The largest absolute Gasteiger partial charge is 0.331 e. The summed E-state index contributed by atoms with van der Waals surface area (Å²) in [7, 11) is 0. The number of para-hydroxylation sites is 2. The van der Waals surface area contributed by atoms with E-state index < -0.39 is 0 Å². The monoisotopic (exact) mass is 305 g/mol. The molecule has 0 saturated heterocycles. The number of fused-ring (bicyclic) bond motifs is 1. The molecule has 0 saturated carbocycles. The first-order chi connectivity index (χ1) is 9.65. The fourth-order valence-electron chi connectivity index (χ4n) is 1.88. The van der Waals surface area contributed by atoms with E-state index in [0.29, 0.717) is 15.7 Å². The number of benzene rings is 2. The predicted molar refractivity (Wildman–Crippen MR) is 80.6 cm³/mol. The van der Waals surface area contributed by atoms with Crippen LogP contribution in [0.1, 0.15) is 0 Å². The SMILES string of the molecule is O=C(Nc1ccc(Cl)c(Cl)c1)n1cnc2ccccc21. The molecule has 0 radical (unpaired) electrons. The summed E-state index contributed by atoms with van der Waals surface area (Å²) < 4.78 is 1.44. The highest BCUT2D eigenvalue weighted by atomic mass is 35.5. The van der Waals surface area contributed by atoms with Gasteiger partial charge in [0.2, 0.25) is 0 Å². The quantitative estimate of drug-likeness (QED) is 0.723. The van der Waals surface area contributed by atoms with Crippen LogP contribution in [-0.2, 0) is 0 Å². The molecule has 0 aliphatic heterocycles. The molecule has 0 aliphatic carbocycles. The molecule has 0 unspecified atom stereocenters. The minimum absolute atomic E-state index is 0.308. The van der Waals surface area contributed by atoms with E-state index in [1.807, 2.05) is 24.3 Å². The molecule has 0 aliphatic rings. The van der Waals surface area contributed by atoms with Crippen LogP contribution in [0.2, 0.25) is 10.0 Å². The molecule has 1 heterocycles. The number of rotatable bonds is 1. The minimum Gasteiger partial charge on any atom is -0.307 e. The van der Waals surface area contributed by atoms with Gasteiger partial charge >= 0.3 is 6.03 Å². The van der Waals surface area contributed by atoms with Gasteiger partial charge in [0, 0.05) is 5.69 Å². The summed E-state index contributed by atoms with van der Waals surface area (Å²) in [4.78, 5) is 16.4. The summed E-state index contributed by atoms with van der Waals surface area (Å²) in [6, 6.07) is 12.0. The third-order valence-electron chi connectivity index (χ3n) is 2.84. The zero-order chi connectivity index (χ0) is 14.1. The number of nitrogens with one attached hydrogen (secondary N) is 1. The Kier molecular flexibility index (Phi) is 3.34. The zero-order valence-corrected chi connectivity index (χ0v) is 11.7. The van der Waals surface area contributed by atoms with Crippen molar-refractivity contribution in [2.75, 3.05) is 5.32 Å². The molecule has 100 valence electrons. The first-order valence-electron chi connectivity index (χ1n) is 5.83. The second-order valence-corrected chi connectivity index (χ2v) is 4.98. The van der Waals surface area contributed by atoms with Gasteiger partial charge in [-0.3, -0.25) is 4.57 Å². The van der Waals surface area contributed by atoms with Crippen LogP contribution in [0.5, 0.6) is 0 Å². The zero-order valence-electron chi connectivity index (χ0n) is 10.2. The number of hydrogen-bond acceptors (Lipinski definition) is 2. The van der Waals surface area contributed by atoms with Crippen molar-refractivity contribution in [2.45, 2.75) is 0 Å². The molecule has 0 spiro atoms. The second-order valence-electron chi connectivity index (χ2n) is 4.16. The Hall–Kier alpha value is -2.04. The highest BCUT2D eigenvalue weighted by Crippen LogP contribution is 2.25. The van der Waals surface area contributed by atoms with Gasteiger partial charge in [-0.2, -0.15) is 0 Å². The van der Waals surface area contributed by atoms with E-state index in [9.17, 15) is 4.79 Å². The summed E-state index contributed by atoms with van der Waals surface area (Å²) in [5.74, 6) is 0. The van der Waals surface area contributed by atoms with Crippen LogP contribution in [0.4, 0.5) is 10.5 Å². The number of halogens is 2. The highest BCUT2D eigenvalue weighted by Gasteiger charge is 2.10. The normalized spacial score (nSPS) is 10.7. The number of aromatic nitrogens is 2. The van der Waals surface area contributed by atoms with Crippen molar-refractivity contribution < 1.29 is 4.79 Å². The molecule has 1 amide bonds. The lowest BCUT2D eigenvalue weighted by atomic mass is 10.3. The Morgan fingerprint density at radius 3 is 2.70 bits per heavy atom. The van der Waals surface area contributed by atoms with E-state index in [2.05, 4.69) is 10.3 Å². The van der Waals surface area contributed by atoms with E-state index in [1.165, 1.54) is 10.9 Å². The van der Waals surface area contributed by atoms with Gasteiger partial charge in [0.1, 0.15) is 6.33 Å². The maximum Gasteiger partial charge on any atom is 0.331 e. The number of carbonyl (C=O) groups excluding carboxylic acids is 1. The summed E-state index contributed by atoms with van der Waals surface area (Å²) in [5.41, 5.74) is 2.07. The second kappa shape index (κ2) is 5.15. The van der Waals surface area contributed by atoms with Gasteiger partial charge < -0.3 is 5.32 Å². The molecule has 20 heavy (non-hydrogen) atoms. The third kappa shape index (κ3) is 2.35. The molecule has 3 rings (SSSR count). The lowest BCUT2D eigenvalue weighted by molar-refractivity contribution is 0.254. The smallest absolute Gasteiger partial charge is 0.307 e. The van der Waals surface area contributed by atoms with Crippen LogP contribution < -0.4 is 5.32 Å². The molecular formula is C14H9Cl2N3O. The van der Waals surface area contributed by atoms with Gasteiger partial charge in [-0.1, -0.05) is 35.3 Å². The molecule has 0 atom stereocenters. The average molecular weight is 306 g/mol. The molecular weight excluding hydrogens is 297 g/mol. The van der Waals surface area contributed by atoms with Crippen LogP contribution in [0.3, 0.4) is 0 Å². The van der Waals surface area contributed by atoms with Gasteiger partial charge in [0.05, 0.1) is 21.1 Å². The molecule has 2 aromatic carbocycles. The van der Waals surface area contributed by atoms with Crippen molar-refractivity contribution in [3.63, 3.8) is 0 Å². The van der Waals surface area contributed by atoms with Crippen molar-refractivity contribution in [2.24, 2.45) is 0 Å². The van der Waals surface area contributed by atoms with Crippen LogP contribution in [0.15, 0.2) is 48.8 Å². The molecule has 3 aromatic rings. The third-order valence-corrected chi connectivity index (χ3v) is 3.58. The highest BCUT2D eigenvalue weighted by molar-refractivity contribution is 6.42. The summed E-state index contributed by atoms with van der Waals surface area (Å²) in [6.45, 7) is 0. The van der Waals surface area contributed by atoms with Crippen LogP contribution in [0, 0.1) is 0 Å². The number of carbonyl (C=O) groups is 1. The van der Waals surface area contributed by atoms with Crippen molar-refractivity contribution in [3.05, 3.63) is 58.8 Å². The van der Waals surface area contributed by atoms with Crippen molar-refractivity contribution in [3.8, 4) is 0 Å². The first kappa shape index (κ1) is 13.0. The van der Waals surface area contributed by atoms with Gasteiger partial charge in [-0.05, 0) is 30.3 Å². The van der Waals surface area contributed by atoms with E-state index >= 15 is 0 Å². The Morgan fingerprint density at radius 2 is 1.90 bits per heavy atom. The molecule has 0 fully saturated rings. The van der Waals surface area contributed by atoms with Crippen molar-refractivity contribution in [1.29, 1.82) is 0 Å². The molecule has 6 heteroatoms. The van der Waals surface area contributed by atoms with E-state index in [-0.39, 0.29) is 6.03 Å². The lowest BCUT2D eigenvalue weighted by Crippen LogP contribution is -2.18. The van der Waals surface area contributed by atoms with Crippen LogP contribution in [-0.4, -0.2) is 15.6 Å². The average Bonchev–Trinajstić information content (AvgIpc) is 2.87. The summed E-state index contributed by atoms with van der Waals surface area (Å²) >= 11 is 11.7. The van der Waals surface area contributed by atoms with Gasteiger partial charge in [-0.15, -0.1) is 0 Å². The first-order valence-corrected chi connectivity index (χ1v) is 6.59. The van der Waals surface area contributed by atoms with Crippen molar-refractivity contribution in [1.82, 2.24) is 9.55 Å². The Labute approximate surface area is 124 Å². The number of anilines is 1. The summed E-state index contributed by atoms with van der Waals surface area (Å²) in [6.07, 6.45) is 1.48. The molecule has 0 bridgehead atoms. The van der Waals surface area contributed by atoms with Gasteiger partial charge in [0.25, 0.3) is 0 Å². The van der Waals surface area contributed by atoms with Gasteiger partial charge in [0.15, 0.2) is 0 Å². The molecule has 1 N–H and O–H groups in total. The Morgan fingerprint density at radius 1 is 1.10 bits per heavy atom. The summed E-state index contributed by atoms with van der Waals surface area (Å²) in [5, 5.41) is 3.58. The lowest BCUT2D eigenvalue weighted by Gasteiger charge is -2.07. The van der Waals surface area contributed by atoms with Crippen LogP contribution in [0.25, 0.3) is 11.0 Å². The molecule has 1 aromatic heterocycles. The number of hydrogen-bond donors (Lipinski definition) is 1. The van der Waals surface area contributed by atoms with Crippen molar-refractivity contribution >= 4 is 46.0 Å². The van der Waals surface area contributed by atoms with E-state index in [4.69, 9.17) is 23.2 Å². The van der Waals surface area contributed by atoms with E-state index in [0.717, 1.165) is 11.0 Å². The fraction of sp³-hybridized carbons (Fsp3) is 0.